The standard InChI is InChI=1S/C13H15N.CO2/c1-11-4-6-12(7-5-11)13(10-14)8-2-3-9-13;2-1-3/h4-7H,2-3,8-9H2,1H3;. The maximum atomic E-state index is 9.29. The van der Waals surface area contributed by atoms with E-state index >= 15 is 0 Å². The summed E-state index contributed by atoms with van der Waals surface area (Å²) < 4.78 is 0. The Morgan fingerprint density at radius 2 is 1.59 bits per heavy atom. The molecular weight excluding hydrogens is 214 g/mol. The molecule has 1 aromatic rings. The van der Waals surface area contributed by atoms with Crippen molar-refractivity contribution in [1.29, 1.82) is 5.26 Å². The van der Waals surface area contributed by atoms with Crippen molar-refractivity contribution in [3.05, 3.63) is 35.4 Å². The summed E-state index contributed by atoms with van der Waals surface area (Å²) in [4.78, 5) is 16.2. The lowest BCUT2D eigenvalue weighted by atomic mass is 9.80. The number of benzene rings is 1. The maximum Gasteiger partial charge on any atom is 0.373 e. The number of hydrogen-bond donors (Lipinski definition) is 0. The maximum absolute atomic E-state index is 9.29. The summed E-state index contributed by atoms with van der Waals surface area (Å²) in [6.45, 7) is 2.08. The number of nitrogens with zero attached hydrogens (tertiary/aromatic N) is 1. The van der Waals surface area contributed by atoms with Gasteiger partial charge in [-0.15, -0.1) is 0 Å². The zero-order valence-corrected chi connectivity index (χ0v) is 9.90. The van der Waals surface area contributed by atoms with Crippen LogP contribution in [0.5, 0.6) is 0 Å². The fraction of sp³-hybridized carbons (Fsp3) is 0.429. The summed E-state index contributed by atoms with van der Waals surface area (Å²) in [6, 6.07) is 11.0. The fourth-order valence-electron chi connectivity index (χ4n) is 2.32. The second-order valence-electron chi connectivity index (χ2n) is 4.35. The Hall–Kier alpha value is -1.91. The van der Waals surface area contributed by atoms with Crippen LogP contribution in [-0.4, -0.2) is 6.15 Å². The van der Waals surface area contributed by atoms with Crippen LogP contribution in [0.4, 0.5) is 0 Å². The highest BCUT2D eigenvalue weighted by molar-refractivity contribution is 5.35. The van der Waals surface area contributed by atoms with E-state index in [1.807, 2.05) is 0 Å². The van der Waals surface area contributed by atoms with Crippen molar-refractivity contribution in [2.75, 3.05) is 0 Å². The van der Waals surface area contributed by atoms with Gasteiger partial charge in [-0.1, -0.05) is 42.7 Å². The normalized spacial score (nSPS) is 16.2. The first-order valence-corrected chi connectivity index (χ1v) is 5.66. The van der Waals surface area contributed by atoms with Crippen LogP contribution in [-0.2, 0) is 15.0 Å². The van der Waals surface area contributed by atoms with Crippen LogP contribution in [0.3, 0.4) is 0 Å². The quantitative estimate of drug-likeness (QED) is 0.744. The summed E-state index contributed by atoms with van der Waals surface area (Å²) in [7, 11) is 0. The molecule has 0 unspecified atom stereocenters. The van der Waals surface area contributed by atoms with E-state index < -0.39 is 0 Å². The molecule has 1 fully saturated rings. The number of aryl methyl sites for hydroxylation is 1. The smallest absolute Gasteiger partial charge is 0.197 e. The van der Waals surface area contributed by atoms with E-state index in [0.717, 1.165) is 12.8 Å². The van der Waals surface area contributed by atoms with Crippen molar-refractivity contribution in [1.82, 2.24) is 0 Å². The van der Waals surface area contributed by atoms with Gasteiger partial charge in [0.05, 0.1) is 11.5 Å². The number of carbonyl (C=O) groups excluding carboxylic acids is 2. The second-order valence-corrected chi connectivity index (χ2v) is 4.35. The van der Waals surface area contributed by atoms with Crippen LogP contribution in [0.2, 0.25) is 0 Å². The summed E-state index contributed by atoms with van der Waals surface area (Å²) in [5, 5.41) is 9.29. The highest BCUT2D eigenvalue weighted by Crippen LogP contribution is 2.40. The van der Waals surface area contributed by atoms with Crippen molar-refractivity contribution in [2.24, 2.45) is 0 Å². The molecule has 0 N–H and O–H groups in total. The Labute approximate surface area is 101 Å². The van der Waals surface area contributed by atoms with Crippen LogP contribution < -0.4 is 0 Å². The van der Waals surface area contributed by atoms with Gasteiger partial charge in [0.2, 0.25) is 0 Å². The Morgan fingerprint density at radius 3 is 2.00 bits per heavy atom. The van der Waals surface area contributed by atoms with Gasteiger partial charge in [0.1, 0.15) is 0 Å². The largest absolute Gasteiger partial charge is 0.373 e. The van der Waals surface area contributed by atoms with Gasteiger partial charge in [0.25, 0.3) is 0 Å². The van der Waals surface area contributed by atoms with E-state index in [0.29, 0.717) is 0 Å². The molecule has 0 atom stereocenters. The van der Waals surface area contributed by atoms with Crippen molar-refractivity contribution in [3.63, 3.8) is 0 Å². The van der Waals surface area contributed by atoms with Gasteiger partial charge < -0.3 is 0 Å². The second kappa shape index (κ2) is 5.98. The number of rotatable bonds is 1. The first kappa shape index (κ1) is 13.2. The van der Waals surface area contributed by atoms with Crippen LogP contribution in [0.15, 0.2) is 24.3 Å². The lowest BCUT2D eigenvalue weighted by molar-refractivity contribution is -0.191. The van der Waals surface area contributed by atoms with Gasteiger partial charge in [0, 0.05) is 0 Å². The molecule has 0 spiro atoms. The zero-order valence-electron chi connectivity index (χ0n) is 9.90. The molecule has 0 aromatic heterocycles. The van der Waals surface area contributed by atoms with E-state index in [1.54, 1.807) is 0 Å². The molecule has 0 aliphatic heterocycles. The molecule has 0 amide bonds. The van der Waals surface area contributed by atoms with Crippen molar-refractivity contribution >= 4 is 6.15 Å². The molecule has 1 aliphatic rings. The van der Waals surface area contributed by atoms with E-state index in [1.165, 1.54) is 24.0 Å². The summed E-state index contributed by atoms with van der Waals surface area (Å²) in [5.74, 6) is 0. The van der Waals surface area contributed by atoms with Gasteiger partial charge >= 0.3 is 6.15 Å². The van der Waals surface area contributed by atoms with E-state index in [2.05, 4.69) is 37.3 Å². The van der Waals surface area contributed by atoms with E-state index in [-0.39, 0.29) is 11.6 Å². The third kappa shape index (κ3) is 3.03. The molecule has 0 heterocycles. The van der Waals surface area contributed by atoms with Gasteiger partial charge in [0.15, 0.2) is 0 Å². The molecular formula is C14H15NO2. The van der Waals surface area contributed by atoms with Gasteiger partial charge in [-0.05, 0) is 25.3 Å². The first-order valence-electron chi connectivity index (χ1n) is 5.66. The lowest BCUT2D eigenvalue weighted by Crippen LogP contribution is -2.18. The highest BCUT2D eigenvalue weighted by Gasteiger charge is 2.35. The summed E-state index contributed by atoms with van der Waals surface area (Å²) in [5.41, 5.74) is 2.30. The van der Waals surface area contributed by atoms with Gasteiger partial charge in [-0.3, -0.25) is 0 Å². The van der Waals surface area contributed by atoms with E-state index in [4.69, 9.17) is 9.59 Å². The number of hydrogen-bond acceptors (Lipinski definition) is 3. The monoisotopic (exact) mass is 229 g/mol. The van der Waals surface area contributed by atoms with Crippen LogP contribution in [0.25, 0.3) is 0 Å². The Bertz CT molecular complexity index is 430. The predicted molar refractivity (Wildman–Crippen MR) is 61.9 cm³/mol. The Morgan fingerprint density at radius 1 is 1.12 bits per heavy atom. The van der Waals surface area contributed by atoms with E-state index in [9.17, 15) is 5.26 Å². The molecule has 0 saturated heterocycles. The lowest BCUT2D eigenvalue weighted by Gasteiger charge is -2.20. The Balaban J connectivity index is 0.000000437. The molecule has 2 rings (SSSR count). The van der Waals surface area contributed by atoms with Crippen LogP contribution in [0.1, 0.15) is 36.8 Å². The zero-order chi connectivity index (χ0) is 12.7. The van der Waals surface area contributed by atoms with Crippen LogP contribution in [0, 0.1) is 18.3 Å². The molecule has 1 saturated carbocycles. The summed E-state index contributed by atoms with van der Waals surface area (Å²) >= 11 is 0. The van der Waals surface area contributed by atoms with Gasteiger partial charge in [-0.2, -0.15) is 14.9 Å². The summed E-state index contributed by atoms with van der Waals surface area (Å²) in [6.07, 6.45) is 4.71. The predicted octanol–water partition coefficient (Wildman–Crippen LogP) is 2.75. The average Bonchev–Trinajstić information content (AvgIpc) is 2.81. The van der Waals surface area contributed by atoms with Crippen molar-refractivity contribution in [2.45, 2.75) is 38.0 Å². The van der Waals surface area contributed by atoms with Crippen molar-refractivity contribution in [3.8, 4) is 6.07 Å². The first-order chi connectivity index (χ1) is 8.18. The molecule has 1 aliphatic carbocycles. The molecule has 3 nitrogen and oxygen atoms in total. The minimum Gasteiger partial charge on any atom is -0.197 e. The third-order valence-corrected chi connectivity index (χ3v) is 3.28. The highest BCUT2D eigenvalue weighted by atomic mass is 16.2. The minimum absolute atomic E-state index is 0.173. The number of nitriles is 1. The molecule has 0 radical (unpaired) electrons. The van der Waals surface area contributed by atoms with Crippen molar-refractivity contribution < 1.29 is 9.59 Å². The molecule has 0 bridgehead atoms. The van der Waals surface area contributed by atoms with Crippen LogP contribution >= 0.6 is 0 Å². The molecule has 1 aromatic carbocycles. The minimum atomic E-state index is -0.173. The topological polar surface area (TPSA) is 57.9 Å². The molecule has 3 heteroatoms. The molecule has 17 heavy (non-hydrogen) atoms. The molecule has 88 valence electrons. The average molecular weight is 229 g/mol. The fourth-order valence-corrected chi connectivity index (χ4v) is 2.32. The SMILES string of the molecule is Cc1ccc(C2(C#N)CCCC2)cc1.O=C=O. The Kier molecular flexibility index (Phi) is 4.63. The third-order valence-electron chi connectivity index (χ3n) is 3.28. The van der Waals surface area contributed by atoms with Gasteiger partial charge in [-0.25, -0.2) is 0 Å².